The van der Waals surface area contributed by atoms with Gasteiger partial charge in [0.05, 0.1) is 0 Å². The second kappa shape index (κ2) is 5.92. The van der Waals surface area contributed by atoms with Gasteiger partial charge in [-0.05, 0) is 55.5 Å². The first kappa shape index (κ1) is 15.3. The van der Waals surface area contributed by atoms with Crippen LogP contribution in [0.25, 0.3) is 10.9 Å². The van der Waals surface area contributed by atoms with Crippen LogP contribution in [-0.2, 0) is 0 Å². The molecule has 3 nitrogen and oxygen atoms in total. The van der Waals surface area contributed by atoms with E-state index >= 15 is 0 Å². The van der Waals surface area contributed by atoms with Gasteiger partial charge in [0.2, 0.25) is 0 Å². The molecule has 0 aliphatic heterocycles. The fourth-order valence-corrected chi connectivity index (χ4v) is 5.12. The van der Waals surface area contributed by atoms with E-state index in [2.05, 4.69) is 49.4 Å². The predicted molar refractivity (Wildman–Crippen MR) is 94.1 cm³/mol. The molecular formula is C18H25N2OSi. The van der Waals surface area contributed by atoms with E-state index in [4.69, 9.17) is 0 Å². The molecule has 1 heterocycles. The highest BCUT2D eigenvalue weighted by atomic mass is 28.3. The van der Waals surface area contributed by atoms with Crippen molar-refractivity contribution in [3.8, 4) is 0 Å². The van der Waals surface area contributed by atoms with Gasteiger partial charge in [0, 0.05) is 25.7 Å². The molecule has 0 spiro atoms. The first-order chi connectivity index (χ1) is 10.4. The Labute approximate surface area is 134 Å². The number of hydrogen-bond acceptors (Lipinski definition) is 1. The summed E-state index contributed by atoms with van der Waals surface area (Å²) in [6.07, 6.45) is 3.56. The number of aryl methyl sites for hydroxylation is 2. The standard InChI is InChI=1S/C18H25N2OSi/c1-11-7-12(2)15-10-17(20-16(15)8-11)18(21)19-13-5-6-14(9-13)22(3)4/h7-8,10,13-14,20H,5-6,9H2,1-4H3,(H,19,21). The summed E-state index contributed by atoms with van der Waals surface area (Å²) < 4.78 is 0. The molecule has 1 saturated carbocycles. The molecule has 1 fully saturated rings. The van der Waals surface area contributed by atoms with Gasteiger partial charge in [0.25, 0.3) is 5.91 Å². The van der Waals surface area contributed by atoms with E-state index in [0.29, 0.717) is 11.7 Å². The van der Waals surface area contributed by atoms with Crippen LogP contribution in [0.15, 0.2) is 18.2 Å². The number of aromatic amines is 1. The largest absolute Gasteiger partial charge is 0.351 e. The Morgan fingerprint density at radius 2 is 2.00 bits per heavy atom. The molecule has 1 aromatic heterocycles. The van der Waals surface area contributed by atoms with Crippen molar-refractivity contribution >= 4 is 25.6 Å². The lowest BCUT2D eigenvalue weighted by molar-refractivity contribution is 0.0933. The molecule has 1 radical (unpaired) electrons. The van der Waals surface area contributed by atoms with Gasteiger partial charge in [-0.15, -0.1) is 0 Å². The minimum Gasteiger partial charge on any atom is -0.351 e. The third-order valence-electron chi connectivity index (χ3n) is 4.92. The van der Waals surface area contributed by atoms with Crippen LogP contribution < -0.4 is 5.32 Å². The van der Waals surface area contributed by atoms with Gasteiger partial charge >= 0.3 is 0 Å². The lowest BCUT2D eigenvalue weighted by atomic mass is 10.1. The van der Waals surface area contributed by atoms with Gasteiger partial charge in [-0.1, -0.05) is 25.6 Å². The smallest absolute Gasteiger partial charge is 0.267 e. The summed E-state index contributed by atoms with van der Waals surface area (Å²) in [6, 6.07) is 6.60. The van der Waals surface area contributed by atoms with Crippen molar-refractivity contribution in [1.82, 2.24) is 10.3 Å². The number of aromatic nitrogens is 1. The van der Waals surface area contributed by atoms with Crippen LogP contribution in [0.2, 0.25) is 18.6 Å². The van der Waals surface area contributed by atoms with E-state index in [1.165, 1.54) is 17.5 Å². The van der Waals surface area contributed by atoms with Crippen LogP contribution in [0, 0.1) is 13.8 Å². The molecule has 2 N–H and O–H groups in total. The molecule has 0 saturated heterocycles. The van der Waals surface area contributed by atoms with E-state index in [-0.39, 0.29) is 14.7 Å². The van der Waals surface area contributed by atoms with Crippen molar-refractivity contribution in [2.45, 2.75) is 57.8 Å². The number of carbonyl (C=O) groups excluding carboxylic acids is 1. The topological polar surface area (TPSA) is 44.9 Å². The van der Waals surface area contributed by atoms with Crippen LogP contribution in [0.1, 0.15) is 40.9 Å². The minimum atomic E-state index is -0.234. The summed E-state index contributed by atoms with van der Waals surface area (Å²) in [5, 5.41) is 4.37. The van der Waals surface area contributed by atoms with Crippen molar-refractivity contribution in [3.63, 3.8) is 0 Å². The van der Waals surface area contributed by atoms with E-state index in [1.807, 2.05) is 6.07 Å². The van der Waals surface area contributed by atoms with Crippen molar-refractivity contribution in [2.75, 3.05) is 0 Å². The number of nitrogens with one attached hydrogen (secondary N) is 2. The van der Waals surface area contributed by atoms with Gasteiger partial charge in [-0.25, -0.2) is 0 Å². The maximum absolute atomic E-state index is 12.5. The Kier molecular flexibility index (Phi) is 4.13. The third-order valence-corrected chi connectivity index (χ3v) is 7.08. The second-order valence-electron chi connectivity index (χ2n) is 6.98. The Morgan fingerprint density at radius 1 is 1.23 bits per heavy atom. The molecule has 1 aliphatic rings. The molecule has 2 unspecified atom stereocenters. The van der Waals surface area contributed by atoms with E-state index in [1.54, 1.807) is 0 Å². The summed E-state index contributed by atoms with van der Waals surface area (Å²) in [5.74, 6) is 0.0416. The van der Waals surface area contributed by atoms with E-state index < -0.39 is 0 Å². The molecule has 22 heavy (non-hydrogen) atoms. The first-order valence-electron chi connectivity index (χ1n) is 8.15. The summed E-state index contributed by atoms with van der Waals surface area (Å²) in [4.78, 5) is 15.8. The molecule has 1 aromatic carbocycles. The van der Waals surface area contributed by atoms with Gasteiger partial charge < -0.3 is 10.3 Å². The highest BCUT2D eigenvalue weighted by Gasteiger charge is 2.28. The Morgan fingerprint density at radius 3 is 2.68 bits per heavy atom. The lowest BCUT2D eigenvalue weighted by Gasteiger charge is -2.14. The van der Waals surface area contributed by atoms with Gasteiger partial charge in [-0.3, -0.25) is 4.79 Å². The van der Waals surface area contributed by atoms with Gasteiger partial charge in [0.15, 0.2) is 0 Å². The average molecular weight is 313 g/mol. The van der Waals surface area contributed by atoms with Crippen molar-refractivity contribution in [1.29, 1.82) is 0 Å². The fraction of sp³-hybridized carbons (Fsp3) is 0.500. The van der Waals surface area contributed by atoms with E-state index in [0.717, 1.165) is 29.3 Å². The average Bonchev–Trinajstić information content (AvgIpc) is 3.05. The molecular weight excluding hydrogens is 288 g/mol. The molecule has 3 rings (SSSR count). The summed E-state index contributed by atoms with van der Waals surface area (Å²) in [5.41, 5.74) is 5.03. The zero-order valence-electron chi connectivity index (χ0n) is 13.9. The Balaban J connectivity index is 1.74. The van der Waals surface area contributed by atoms with Crippen LogP contribution in [0.3, 0.4) is 0 Å². The molecule has 2 atom stereocenters. The number of rotatable bonds is 3. The molecule has 0 bridgehead atoms. The summed E-state index contributed by atoms with van der Waals surface area (Å²) >= 11 is 0. The number of amides is 1. The van der Waals surface area contributed by atoms with Crippen LogP contribution >= 0.6 is 0 Å². The zero-order valence-corrected chi connectivity index (χ0v) is 14.9. The summed E-state index contributed by atoms with van der Waals surface area (Å²) in [7, 11) is -0.234. The fourth-order valence-electron chi connectivity index (χ4n) is 3.62. The molecule has 2 aromatic rings. The monoisotopic (exact) mass is 313 g/mol. The second-order valence-corrected chi connectivity index (χ2v) is 9.95. The number of hydrogen-bond donors (Lipinski definition) is 2. The number of benzene rings is 1. The van der Waals surface area contributed by atoms with Gasteiger partial charge in [-0.2, -0.15) is 0 Å². The maximum atomic E-state index is 12.5. The SMILES string of the molecule is Cc1cc(C)c2cc(C(=O)NC3CCC([Si](C)C)C3)[nH]c2c1. The molecule has 4 heteroatoms. The minimum absolute atomic E-state index is 0.0416. The maximum Gasteiger partial charge on any atom is 0.267 e. The van der Waals surface area contributed by atoms with Crippen molar-refractivity contribution in [3.05, 3.63) is 35.0 Å². The normalized spacial score (nSPS) is 21.7. The first-order valence-corrected chi connectivity index (χ1v) is 10.7. The zero-order chi connectivity index (χ0) is 15.9. The third kappa shape index (κ3) is 2.97. The number of fused-ring (bicyclic) bond motifs is 1. The van der Waals surface area contributed by atoms with E-state index in [9.17, 15) is 4.79 Å². The quantitative estimate of drug-likeness (QED) is 0.820. The molecule has 1 aliphatic carbocycles. The molecule has 1 amide bonds. The van der Waals surface area contributed by atoms with Gasteiger partial charge in [0.1, 0.15) is 5.69 Å². The van der Waals surface area contributed by atoms with Crippen LogP contribution in [0.5, 0.6) is 0 Å². The number of carbonyl (C=O) groups is 1. The summed E-state index contributed by atoms with van der Waals surface area (Å²) in [6.45, 7) is 8.93. The Bertz CT molecular complexity index is 704. The lowest BCUT2D eigenvalue weighted by Crippen LogP contribution is -2.33. The van der Waals surface area contributed by atoms with Crippen molar-refractivity contribution < 1.29 is 4.79 Å². The van der Waals surface area contributed by atoms with Crippen LogP contribution in [0.4, 0.5) is 0 Å². The Hall–Kier alpha value is -1.55. The predicted octanol–water partition coefficient (Wildman–Crippen LogP) is 4.19. The van der Waals surface area contributed by atoms with Crippen molar-refractivity contribution in [2.24, 2.45) is 0 Å². The number of H-pyrrole nitrogens is 1. The highest BCUT2D eigenvalue weighted by Crippen LogP contribution is 2.33. The van der Waals surface area contributed by atoms with Crippen LogP contribution in [-0.4, -0.2) is 25.7 Å². The highest BCUT2D eigenvalue weighted by molar-refractivity contribution is 6.57. The molecule has 117 valence electrons.